The molecule has 0 bridgehead atoms. The van der Waals surface area contributed by atoms with Crippen molar-refractivity contribution in [2.75, 3.05) is 0 Å². The zero-order valence-electron chi connectivity index (χ0n) is 19.5. The van der Waals surface area contributed by atoms with Gasteiger partial charge in [-0.3, -0.25) is 0 Å². The minimum absolute atomic E-state index is 0. The molecule has 3 rings (SSSR count). The second-order valence-corrected chi connectivity index (χ2v) is 8.24. The largest absolute Gasteiger partial charge is 0.598 e. The van der Waals surface area contributed by atoms with Crippen molar-refractivity contribution in [1.82, 2.24) is 0 Å². The molecule has 0 atom stereocenters. The normalized spacial score (nSPS) is 9.50. The standard InChI is InChI=1S/C25H28.Bi.2HO3P/c1-4-9-23-17-19(3)18-25(24(23)10-5-2)22-15-13-21(14-16-22)20-11-7-6-8-12-20;;2*1-4(2)3/h6-8,11-18H,4-5,9-10H2,1-3H3;;2*(H,1,2,3)/p-2. The molecule has 0 saturated carbocycles. The second-order valence-electron chi connectivity index (χ2n) is 7.34. The Hall–Kier alpha value is -1.42. The predicted octanol–water partition coefficient (Wildman–Crippen LogP) is 3.58. The van der Waals surface area contributed by atoms with Crippen LogP contribution in [-0.2, 0) is 22.0 Å². The van der Waals surface area contributed by atoms with Crippen molar-refractivity contribution in [3.8, 4) is 22.3 Å². The Balaban J connectivity index is 0.00000106. The van der Waals surface area contributed by atoms with Gasteiger partial charge in [-0.05, 0) is 53.1 Å². The maximum atomic E-state index is 8.48. The molecule has 0 heterocycles. The van der Waals surface area contributed by atoms with E-state index in [9.17, 15) is 0 Å². The minimum atomic E-state index is -3.37. The Morgan fingerprint density at radius 2 is 1.12 bits per heavy atom. The van der Waals surface area contributed by atoms with Gasteiger partial charge in [0, 0.05) is 26.2 Å². The zero-order valence-corrected chi connectivity index (χ0v) is 24.7. The summed E-state index contributed by atoms with van der Waals surface area (Å²) in [6.07, 6.45) is 4.72. The van der Waals surface area contributed by atoms with Crippen LogP contribution in [0, 0.1) is 6.92 Å². The molecule has 0 aliphatic rings. The first-order valence-electron chi connectivity index (χ1n) is 10.6. The van der Waals surface area contributed by atoms with Gasteiger partial charge in [0.2, 0.25) is 0 Å². The van der Waals surface area contributed by atoms with Crippen LogP contribution in [0.5, 0.6) is 0 Å². The average Bonchev–Trinajstić information content (AvgIpc) is 2.76. The monoisotopic (exact) mass is 695 g/mol. The molecule has 0 spiro atoms. The summed E-state index contributed by atoms with van der Waals surface area (Å²) in [7, 11) is -6.74. The molecule has 34 heavy (non-hydrogen) atoms. The van der Waals surface area contributed by atoms with Gasteiger partial charge in [0.25, 0.3) is 16.5 Å². The van der Waals surface area contributed by atoms with Gasteiger partial charge >= 0.3 is 0 Å². The number of aryl methyl sites for hydroxylation is 2. The van der Waals surface area contributed by atoms with Crippen molar-refractivity contribution < 1.29 is 28.7 Å². The van der Waals surface area contributed by atoms with Gasteiger partial charge < -0.3 is 19.6 Å². The number of hydrogen-bond acceptors (Lipinski definition) is 6. The molecule has 0 fully saturated rings. The van der Waals surface area contributed by atoms with Crippen LogP contribution in [0.25, 0.3) is 22.3 Å². The summed E-state index contributed by atoms with van der Waals surface area (Å²) >= 11 is 0. The van der Waals surface area contributed by atoms with Crippen LogP contribution in [0.4, 0.5) is 0 Å². The quantitative estimate of drug-likeness (QED) is 0.287. The molecular weight excluding hydrogens is 667 g/mol. The first kappa shape index (κ1) is 32.6. The van der Waals surface area contributed by atoms with Gasteiger partial charge in [0.1, 0.15) is 0 Å². The SMILES string of the molecule is CCCc1cc(C)cc(-c2ccc(-c3ccccc3)cc2)c1CCC.O=[P+]([O-])[O-].O=[P+]([O-])[O-].[Bi]. The third-order valence-electron chi connectivity index (χ3n) is 4.81. The van der Waals surface area contributed by atoms with E-state index >= 15 is 0 Å². The topological polar surface area (TPSA) is 126 Å². The molecular formula is C25H28BiO6P2-2. The summed E-state index contributed by atoms with van der Waals surface area (Å²) in [5.41, 5.74) is 9.76. The summed E-state index contributed by atoms with van der Waals surface area (Å²) < 4.78 is 17.0. The fourth-order valence-corrected chi connectivity index (χ4v) is 3.66. The van der Waals surface area contributed by atoms with Crippen LogP contribution in [-0.4, -0.2) is 26.2 Å². The van der Waals surface area contributed by atoms with Crippen LogP contribution < -0.4 is 19.6 Å². The smallest absolute Gasteiger partial charge is 0.276 e. The summed E-state index contributed by atoms with van der Waals surface area (Å²) in [5.74, 6) is 0. The molecule has 0 aromatic heterocycles. The van der Waals surface area contributed by atoms with E-state index in [0.29, 0.717) is 0 Å². The molecule has 0 aliphatic heterocycles. The maximum absolute atomic E-state index is 8.48. The second kappa shape index (κ2) is 17.9. The Labute approximate surface area is 222 Å². The Morgan fingerprint density at radius 1 is 0.676 bits per heavy atom. The summed E-state index contributed by atoms with van der Waals surface area (Å²) in [4.78, 5) is 33.9. The van der Waals surface area contributed by atoms with Gasteiger partial charge in [-0.1, -0.05) is 108 Å². The Morgan fingerprint density at radius 3 is 1.59 bits per heavy atom. The zero-order chi connectivity index (χ0) is 24.8. The van der Waals surface area contributed by atoms with E-state index in [2.05, 4.69) is 87.5 Å². The summed E-state index contributed by atoms with van der Waals surface area (Å²) in [6, 6.07) is 24.4. The van der Waals surface area contributed by atoms with E-state index in [1.807, 2.05) is 0 Å². The first-order valence-corrected chi connectivity index (χ1v) is 12.8. The third kappa shape index (κ3) is 12.3. The predicted molar refractivity (Wildman–Crippen MR) is 131 cm³/mol. The van der Waals surface area contributed by atoms with E-state index in [0.717, 1.165) is 6.42 Å². The van der Waals surface area contributed by atoms with Gasteiger partial charge in [0.15, 0.2) is 0 Å². The fraction of sp³-hybridized carbons (Fsp3) is 0.280. The van der Waals surface area contributed by atoms with Crippen molar-refractivity contribution in [2.45, 2.75) is 46.5 Å². The van der Waals surface area contributed by atoms with Crippen molar-refractivity contribution in [3.05, 3.63) is 83.4 Å². The van der Waals surface area contributed by atoms with E-state index in [-0.39, 0.29) is 26.2 Å². The number of benzene rings is 3. The molecule has 0 aliphatic carbocycles. The molecule has 9 heteroatoms. The summed E-state index contributed by atoms with van der Waals surface area (Å²) in [5, 5.41) is 0. The van der Waals surface area contributed by atoms with Crippen LogP contribution >= 0.6 is 16.5 Å². The van der Waals surface area contributed by atoms with Gasteiger partial charge in [-0.2, -0.15) is 0 Å². The van der Waals surface area contributed by atoms with Crippen molar-refractivity contribution >= 4 is 42.7 Å². The molecule has 0 unspecified atom stereocenters. The van der Waals surface area contributed by atoms with E-state index < -0.39 is 16.5 Å². The molecule has 0 N–H and O–H groups in total. The molecule has 3 aromatic rings. The van der Waals surface area contributed by atoms with Crippen LogP contribution in [0.15, 0.2) is 66.7 Å². The molecule has 6 nitrogen and oxygen atoms in total. The first-order chi connectivity index (χ1) is 15.7. The molecule has 181 valence electrons. The number of hydrogen-bond donors (Lipinski definition) is 0. The summed E-state index contributed by atoms with van der Waals surface area (Å²) in [6.45, 7) is 6.76. The van der Waals surface area contributed by atoms with Crippen molar-refractivity contribution in [3.63, 3.8) is 0 Å². The molecule has 3 aromatic carbocycles. The maximum Gasteiger partial charge on any atom is 0.276 e. The van der Waals surface area contributed by atoms with E-state index in [1.54, 1.807) is 5.56 Å². The van der Waals surface area contributed by atoms with Crippen LogP contribution in [0.3, 0.4) is 0 Å². The van der Waals surface area contributed by atoms with Gasteiger partial charge in [0.05, 0.1) is 0 Å². The third-order valence-corrected chi connectivity index (χ3v) is 4.81. The van der Waals surface area contributed by atoms with Gasteiger partial charge in [-0.15, -0.1) is 0 Å². The Kier molecular flexibility index (Phi) is 17.2. The van der Waals surface area contributed by atoms with E-state index in [1.165, 1.54) is 52.6 Å². The average molecular weight is 695 g/mol. The van der Waals surface area contributed by atoms with Crippen LogP contribution in [0.2, 0.25) is 0 Å². The molecule has 0 saturated heterocycles. The van der Waals surface area contributed by atoms with Gasteiger partial charge in [-0.25, -0.2) is 0 Å². The minimum Gasteiger partial charge on any atom is -0.598 e. The molecule has 0 amide bonds. The van der Waals surface area contributed by atoms with E-state index in [4.69, 9.17) is 28.7 Å². The van der Waals surface area contributed by atoms with Crippen LogP contribution in [0.1, 0.15) is 43.4 Å². The number of rotatable bonds is 6. The Bertz CT molecular complexity index is 1010. The fourth-order valence-electron chi connectivity index (χ4n) is 3.66. The van der Waals surface area contributed by atoms with Crippen molar-refractivity contribution in [2.24, 2.45) is 0 Å². The van der Waals surface area contributed by atoms with Crippen molar-refractivity contribution in [1.29, 1.82) is 0 Å². The molecule has 3 radical (unpaired) electrons.